The summed E-state index contributed by atoms with van der Waals surface area (Å²) in [7, 11) is 0. The number of imidazole rings is 1. The highest BCUT2D eigenvalue weighted by Crippen LogP contribution is 2.27. The molecule has 1 aliphatic rings. The molecule has 2 unspecified atom stereocenters. The summed E-state index contributed by atoms with van der Waals surface area (Å²) in [5.74, 6) is 1.47. The number of aromatic amines is 1. The van der Waals surface area contributed by atoms with Gasteiger partial charge in [0.25, 0.3) is 0 Å². The van der Waals surface area contributed by atoms with Crippen LogP contribution in [0.4, 0.5) is 0 Å². The van der Waals surface area contributed by atoms with Crippen molar-refractivity contribution in [2.75, 3.05) is 6.61 Å². The maximum atomic E-state index is 12.6. The molecule has 0 spiro atoms. The van der Waals surface area contributed by atoms with Gasteiger partial charge in [0.1, 0.15) is 18.2 Å². The van der Waals surface area contributed by atoms with Crippen LogP contribution in [0.3, 0.4) is 0 Å². The van der Waals surface area contributed by atoms with Crippen LogP contribution >= 0.6 is 0 Å². The van der Waals surface area contributed by atoms with E-state index in [1.807, 2.05) is 55.5 Å². The zero-order valence-corrected chi connectivity index (χ0v) is 13.5. The zero-order valence-electron chi connectivity index (χ0n) is 13.5. The van der Waals surface area contributed by atoms with Crippen LogP contribution in [0.25, 0.3) is 11.0 Å². The van der Waals surface area contributed by atoms with Crippen molar-refractivity contribution in [3.63, 3.8) is 0 Å². The van der Waals surface area contributed by atoms with Crippen molar-refractivity contribution in [2.24, 2.45) is 5.92 Å². The highest BCUT2D eigenvalue weighted by atomic mass is 16.5. The maximum absolute atomic E-state index is 12.6. The number of carbonyl (C=O) groups excluding carboxylic acids is 1. The Balaban J connectivity index is 1.46. The van der Waals surface area contributed by atoms with E-state index in [1.54, 1.807) is 0 Å². The van der Waals surface area contributed by atoms with Crippen molar-refractivity contribution >= 4 is 16.9 Å². The lowest BCUT2D eigenvalue weighted by atomic mass is 9.96. The lowest BCUT2D eigenvalue weighted by Gasteiger charge is -2.25. The van der Waals surface area contributed by atoms with Crippen LogP contribution in [0, 0.1) is 5.92 Å². The maximum Gasteiger partial charge on any atom is 0.227 e. The summed E-state index contributed by atoms with van der Waals surface area (Å²) >= 11 is 0. The van der Waals surface area contributed by atoms with E-state index in [1.165, 1.54) is 0 Å². The van der Waals surface area contributed by atoms with E-state index in [4.69, 9.17) is 4.74 Å². The number of hydrogen-bond donors (Lipinski definition) is 2. The molecule has 1 aromatic heterocycles. The molecule has 5 nitrogen and oxygen atoms in total. The minimum atomic E-state index is -0.179. The smallest absolute Gasteiger partial charge is 0.227 e. The predicted molar refractivity (Wildman–Crippen MR) is 91.8 cm³/mol. The van der Waals surface area contributed by atoms with E-state index in [9.17, 15) is 4.79 Å². The van der Waals surface area contributed by atoms with Gasteiger partial charge in [-0.2, -0.15) is 0 Å². The summed E-state index contributed by atoms with van der Waals surface area (Å²) in [6, 6.07) is 15.5. The van der Waals surface area contributed by atoms with Crippen molar-refractivity contribution in [1.29, 1.82) is 0 Å². The summed E-state index contributed by atoms with van der Waals surface area (Å²) in [6.07, 6.45) is 0.703. The number of nitrogens with one attached hydrogen (secondary N) is 2. The number of carbonyl (C=O) groups is 1. The van der Waals surface area contributed by atoms with Crippen LogP contribution in [0.15, 0.2) is 48.5 Å². The van der Waals surface area contributed by atoms with E-state index in [-0.39, 0.29) is 17.9 Å². The Bertz CT molecular complexity index is 854. The molecule has 0 saturated heterocycles. The standard InChI is InChI=1S/C19H19N3O2/c1-12(18-21-15-7-3-4-8-16(15)22-18)20-19(23)14-10-13-6-2-5-9-17(13)24-11-14/h2-9,12,14H,10-11H2,1H3,(H,20,23)(H,21,22). The Hall–Kier alpha value is -2.82. The zero-order chi connectivity index (χ0) is 16.5. The van der Waals surface area contributed by atoms with E-state index < -0.39 is 0 Å². The molecule has 122 valence electrons. The van der Waals surface area contributed by atoms with Crippen LogP contribution in [-0.2, 0) is 11.2 Å². The van der Waals surface area contributed by atoms with Gasteiger partial charge in [-0.15, -0.1) is 0 Å². The summed E-state index contributed by atoms with van der Waals surface area (Å²) in [4.78, 5) is 20.4. The Morgan fingerprint density at radius 3 is 2.92 bits per heavy atom. The second-order valence-electron chi connectivity index (χ2n) is 6.19. The molecule has 2 aromatic carbocycles. The lowest BCUT2D eigenvalue weighted by Crippen LogP contribution is -2.38. The predicted octanol–water partition coefficient (Wildman–Crippen LogP) is 2.99. The number of benzene rings is 2. The molecule has 2 heterocycles. The number of H-pyrrole nitrogens is 1. The first kappa shape index (κ1) is 14.8. The van der Waals surface area contributed by atoms with E-state index in [2.05, 4.69) is 15.3 Å². The summed E-state index contributed by atoms with van der Waals surface area (Å²) in [6.45, 7) is 2.35. The highest BCUT2D eigenvalue weighted by Gasteiger charge is 2.27. The third-order valence-electron chi connectivity index (χ3n) is 4.43. The Morgan fingerprint density at radius 2 is 2.04 bits per heavy atom. The van der Waals surface area contributed by atoms with Gasteiger partial charge < -0.3 is 15.0 Å². The molecule has 4 rings (SSSR count). The number of rotatable bonds is 3. The Kier molecular flexibility index (Phi) is 3.69. The van der Waals surface area contributed by atoms with Crippen molar-refractivity contribution in [3.8, 4) is 5.75 Å². The number of nitrogens with zero attached hydrogens (tertiary/aromatic N) is 1. The van der Waals surface area contributed by atoms with E-state index in [0.29, 0.717) is 13.0 Å². The molecular formula is C19H19N3O2. The third-order valence-corrected chi connectivity index (χ3v) is 4.43. The molecule has 5 heteroatoms. The Morgan fingerprint density at radius 1 is 1.25 bits per heavy atom. The second-order valence-corrected chi connectivity index (χ2v) is 6.19. The minimum absolute atomic E-state index is 0.00235. The van der Waals surface area contributed by atoms with Gasteiger partial charge in [0.05, 0.1) is 23.0 Å². The fourth-order valence-electron chi connectivity index (χ4n) is 3.07. The van der Waals surface area contributed by atoms with Crippen LogP contribution in [0.5, 0.6) is 5.75 Å². The van der Waals surface area contributed by atoms with Crippen LogP contribution in [0.2, 0.25) is 0 Å². The third kappa shape index (κ3) is 2.73. The van der Waals surface area contributed by atoms with Gasteiger partial charge in [-0.1, -0.05) is 30.3 Å². The molecule has 3 aromatic rings. The summed E-state index contributed by atoms with van der Waals surface area (Å²) in [5.41, 5.74) is 2.97. The average Bonchev–Trinajstić information content (AvgIpc) is 3.05. The van der Waals surface area contributed by atoms with Gasteiger partial charge in [0.15, 0.2) is 0 Å². The van der Waals surface area contributed by atoms with Crippen molar-refractivity contribution < 1.29 is 9.53 Å². The SMILES string of the molecule is CC(NC(=O)C1COc2ccccc2C1)c1nc2ccccc2[nH]1. The number of fused-ring (bicyclic) bond motifs is 2. The molecule has 0 saturated carbocycles. The molecule has 2 N–H and O–H groups in total. The second kappa shape index (κ2) is 6.00. The number of ether oxygens (including phenoxy) is 1. The first-order valence-corrected chi connectivity index (χ1v) is 8.16. The molecular weight excluding hydrogens is 302 g/mol. The Labute approximate surface area is 140 Å². The fraction of sp³-hybridized carbons (Fsp3) is 0.263. The molecule has 0 aliphatic carbocycles. The summed E-state index contributed by atoms with van der Waals surface area (Å²) in [5, 5.41) is 3.04. The van der Waals surface area contributed by atoms with Gasteiger partial charge in [-0.05, 0) is 37.1 Å². The summed E-state index contributed by atoms with van der Waals surface area (Å²) < 4.78 is 5.71. The normalized spacial score (nSPS) is 17.8. The fourth-order valence-corrected chi connectivity index (χ4v) is 3.07. The van der Waals surface area contributed by atoms with E-state index in [0.717, 1.165) is 28.2 Å². The van der Waals surface area contributed by atoms with Gasteiger partial charge in [-0.3, -0.25) is 4.79 Å². The number of para-hydroxylation sites is 3. The van der Waals surface area contributed by atoms with Gasteiger partial charge in [0, 0.05) is 0 Å². The number of aromatic nitrogens is 2. The molecule has 1 amide bonds. The molecule has 24 heavy (non-hydrogen) atoms. The first-order chi connectivity index (χ1) is 11.7. The lowest BCUT2D eigenvalue weighted by molar-refractivity contribution is -0.127. The topological polar surface area (TPSA) is 67.0 Å². The van der Waals surface area contributed by atoms with E-state index >= 15 is 0 Å². The van der Waals surface area contributed by atoms with Crippen molar-refractivity contribution in [3.05, 3.63) is 59.9 Å². The number of hydrogen-bond acceptors (Lipinski definition) is 3. The molecule has 0 bridgehead atoms. The molecule has 0 fully saturated rings. The molecule has 2 atom stereocenters. The average molecular weight is 321 g/mol. The quantitative estimate of drug-likeness (QED) is 0.779. The van der Waals surface area contributed by atoms with Crippen LogP contribution in [-0.4, -0.2) is 22.5 Å². The largest absolute Gasteiger partial charge is 0.492 e. The van der Waals surface area contributed by atoms with Gasteiger partial charge >= 0.3 is 0 Å². The van der Waals surface area contributed by atoms with Crippen molar-refractivity contribution in [1.82, 2.24) is 15.3 Å². The van der Waals surface area contributed by atoms with Crippen LogP contribution < -0.4 is 10.1 Å². The molecule has 0 radical (unpaired) electrons. The van der Waals surface area contributed by atoms with Crippen LogP contribution in [0.1, 0.15) is 24.4 Å². The molecule has 1 aliphatic heterocycles. The highest BCUT2D eigenvalue weighted by molar-refractivity contribution is 5.80. The minimum Gasteiger partial charge on any atom is -0.492 e. The first-order valence-electron chi connectivity index (χ1n) is 8.16. The van der Waals surface area contributed by atoms with Gasteiger partial charge in [0.2, 0.25) is 5.91 Å². The monoisotopic (exact) mass is 321 g/mol. The van der Waals surface area contributed by atoms with Gasteiger partial charge in [-0.25, -0.2) is 4.98 Å². The van der Waals surface area contributed by atoms with Crippen molar-refractivity contribution in [2.45, 2.75) is 19.4 Å². The number of amides is 1.